The molecule has 2 aromatic carbocycles. The summed E-state index contributed by atoms with van der Waals surface area (Å²) in [4.78, 5) is 15.2. The van der Waals surface area contributed by atoms with Crippen molar-refractivity contribution in [1.29, 1.82) is 0 Å². The van der Waals surface area contributed by atoms with Crippen LogP contribution in [-0.4, -0.2) is 23.5 Å². The number of hydrogen-bond donors (Lipinski definition) is 0. The second-order valence-corrected chi connectivity index (χ2v) is 7.52. The molecule has 4 heteroatoms. The van der Waals surface area contributed by atoms with Crippen LogP contribution in [0.3, 0.4) is 0 Å². The fourth-order valence-electron chi connectivity index (χ4n) is 3.58. The molecule has 2 aromatic rings. The number of Topliss-reactive ketones (excluding diaryl/α,β-unsaturated/α-hetero) is 1. The van der Waals surface area contributed by atoms with Crippen molar-refractivity contribution in [3.8, 4) is 11.5 Å². The van der Waals surface area contributed by atoms with Gasteiger partial charge in [-0.2, -0.15) is 0 Å². The lowest BCUT2D eigenvalue weighted by molar-refractivity contribution is 0.0673. The normalized spacial score (nSPS) is 17.7. The number of allylic oxidation sites excluding steroid dienone is 1. The molecule has 0 radical (unpaired) electrons. The highest BCUT2D eigenvalue weighted by atomic mass is 16.5. The third-order valence-electron chi connectivity index (χ3n) is 5.37. The number of hydrogen-bond acceptors (Lipinski definition) is 4. The highest BCUT2D eigenvalue weighted by Gasteiger charge is 2.35. The third kappa shape index (κ3) is 3.15. The predicted octanol–water partition coefficient (Wildman–Crippen LogP) is 4.73. The molecular formula is C23H25NO3. The van der Waals surface area contributed by atoms with Gasteiger partial charge in [0, 0.05) is 12.6 Å². The summed E-state index contributed by atoms with van der Waals surface area (Å²) in [7, 11) is 0. The van der Waals surface area contributed by atoms with Crippen LogP contribution in [0.2, 0.25) is 0 Å². The maximum absolute atomic E-state index is 13.0. The van der Waals surface area contributed by atoms with E-state index in [-0.39, 0.29) is 5.78 Å². The molecule has 0 N–H and O–H groups in total. The molecule has 0 amide bonds. The smallest absolute Gasteiger partial charge is 0.232 e. The minimum atomic E-state index is -0.0495. The molecule has 0 unspecified atom stereocenters. The van der Waals surface area contributed by atoms with Gasteiger partial charge in [0.05, 0.1) is 11.1 Å². The molecular weight excluding hydrogens is 338 g/mol. The van der Waals surface area contributed by atoms with E-state index in [0.717, 1.165) is 35.4 Å². The molecule has 2 heterocycles. The van der Waals surface area contributed by atoms with Gasteiger partial charge >= 0.3 is 0 Å². The number of carbonyl (C=O) groups is 1. The van der Waals surface area contributed by atoms with Crippen LogP contribution in [0.1, 0.15) is 53.4 Å². The van der Waals surface area contributed by atoms with E-state index in [4.69, 9.17) is 9.47 Å². The number of rotatable bonds is 3. The van der Waals surface area contributed by atoms with Gasteiger partial charge in [0.15, 0.2) is 5.76 Å². The van der Waals surface area contributed by atoms with Crippen molar-refractivity contribution >= 4 is 11.9 Å². The topological polar surface area (TPSA) is 38.8 Å². The highest BCUT2D eigenvalue weighted by molar-refractivity contribution is 6.15. The molecule has 0 saturated heterocycles. The number of aryl methyl sites for hydroxylation is 2. The average Bonchev–Trinajstić information content (AvgIpc) is 2.99. The van der Waals surface area contributed by atoms with Crippen molar-refractivity contribution in [3.05, 3.63) is 63.9 Å². The molecule has 2 aliphatic heterocycles. The molecule has 0 fully saturated rings. The van der Waals surface area contributed by atoms with Crippen molar-refractivity contribution in [1.82, 2.24) is 4.90 Å². The Morgan fingerprint density at radius 3 is 2.63 bits per heavy atom. The van der Waals surface area contributed by atoms with Crippen LogP contribution < -0.4 is 9.47 Å². The Bertz CT molecular complexity index is 926. The van der Waals surface area contributed by atoms with Crippen LogP contribution >= 0.6 is 0 Å². The molecule has 2 aliphatic rings. The molecule has 0 aromatic heterocycles. The van der Waals surface area contributed by atoms with E-state index in [0.29, 0.717) is 29.8 Å². The van der Waals surface area contributed by atoms with Crippen molar-refractivity contribution in [3.63, 3.8) is 0 Å². The van der Waals surface area contributed by atoms with E-state index < -0.39 is 0 Å². The Kier molecular flexibility index (Phi) is 4.52. The first-order valence-corrected chi connectivity index (χ1v) is 9.54. The Morgan fingerprint density at radius 2 is 1.96 bits per heavy atom. The summed E-state index contributed by atoms with van der Waals surface area (Å²) in [5.41, 5.74) is 4.77. The Labute approximate surface area is 160 Å². The maximum Gasteiger partial charge on any atom is 0.232 e. The lowest BCUT2D eigenvalue weighted by Gasteiger charge is -2.32. The van der Waals surface area contributed by atoms with Crippen molar-refractivity contribution in [2.24, 2.45) is 0 Å². The van der Waals surface area contributed by atoms with Crippen molar-refractivity contribution in [2.75, 3.05) is 6.73 Å². The lowest BCUT2D eigenvalue weighted by atomic mass is 9.98. The number of carbonyl (C=O) groups excluding carboxylic acids is 1. The lowest BCUT2D eigenvalue weighted by Crippen LogP contribution is -2.37. The zero-order valence-corrected chi connectivity index (χ0v) is 16.3. The van der Waals surface area contributed by atoms with E-state index in [9.17, 15) is 4.79 Å². The monoisotopic (exact) mass is 363 g/mol. The standard InChI is InChI=1S/C23H25NO3/c1-5-16-6-8-17(9-7-16)11-20-22(25)21-15(4)10-19-18(23(21)27-20)12-24(13-26-19)14(2)3/h6-11,14H,5,12-13H2,1-4H3/b20-11-. The summed E-state index contributed by atoms with van der Waals surface area (Å²) in [6.07, 6.45) is 2.83. The molecule has 4 rings (SSSR count). The van der Waals surface area contributed by atoms with E-state index in [1.165, 1.54) is 5.56 Å². The molecule has 0 spiro atoms. The van der Waals surface area contributed by atoms with Gasteiger partial charge in [0.2, 0.25) is 5.78 Å². The first-order chi connectivity index (χ1) is 13.0. The summed E-state index contributed by atoms with van der Waals surface area (Å²) in [5.74, 6) is 1.82. The fourth-order valence-corrected chi connectivity index (χ4v) is 3.58. The minimum Gasteiger partial charge on any atom is -0.478 e. The molecule has 0 bridgehead atoms. The molecule has 0 aliphatic carbocycles. The predicted molar refractivity (Wildman–Crippen MR) is 106 cm³/mol. The van der Waals surface area contributed by atoms with Crippen LogP contribution in [0.15, 0.2) is 36.1 Å². The van der Waals surface area contributed by atoms with Gasteiger partial charge in [-0.05, 0) is 56.0 Å². The molecule has 27 heavy (non-hydrogen) atoms. The molecule has 0 saturated carbocycles. The van der Waals surface area contributed by atoms with Gasteiger partial charge < -0.3 is 9.47 Å². The van der Waals surface area contributed by atoms with Crippen molar-refractivity contribution in [2.45, 2.75) is 46.7 Å². The summed E-state index contributed by atoms with van der Waals surface area (Å²) in [6, 6.07) is 10.5. The third-order valence-corrected chi connectivity index (χ3v) is 5.37. The zero-order valence-electron chi connectivity index (χ0n) is 16.3. The van der Waals surface area contributed by atoms with Crippen LogP contribution in [0.4, 0.5) is 0 Å². The maximum atomic E-state index is 13.0. The number of ketones is 1. The minimum absolute atomic E-state index is 0.0495. The summed E-state index contributed by atoms with van der Waals surface area (Å²) in [5, 5.41) is 0. The van der Waals surface area contributed by atoms with Crippen LogP contribution in [-0.2, 0) is 13.0 Å². The molecule has 0 atom stereocenters. The van der Waals surface area contributed by atoms with Gasteiger partial charge in [-0.15, -0.1) is 0 Å². The Balaban J connectivity index is 1.72. The van der Waals surface area contributed by atoms with Gasteiger partial charge in [-0.25, -0.2) is 0 Å². The van der Waals surface area contributed by atoms with Crippen molar-refractivity contribution < 1.29 is 14.3 Å². The summed E-state index contributed by atoms with van der Waals surface area (Å²) < 4.78 is 12.0. The van der Waals surface area contributed by atoms with Gasteiger partial charge in [-0.1, -0.05) is 31.2 Å². The Morgan fingerprint density at radius 1 is 1.22 bits per heavy atom. The highest BCUT2D eigenvalue weighted by Crippen LogP contribution is 2.44. The largest absolute Gasteiger partial charge is 0.478 e. The van der Waals surface area contributed by atoms with Gasteiger partial charge in [0.25, 0.3) is 0 Å². The zero-order chi connectivity index (χ0) is 19.1. The second-order valence-electron chi connectivity index (χ2n) is 7.52. The fraction of sp³-hybridized carbons (Fsp3) is 0.348. The number of benzene rings is 2. The number of fused-ring (bicyclic) bond motifs is 3. The van der Waals surface area contributed by atoms with E-state index in [2.05, 4.69) is 37.8 Å². The SMILES string of the molecule is CCc1ccc(/C=C2\Oc3c4c(cc(C)c3C2=O)OCN(C(C)C)C4)cc1. The summed E-state index contributed by atoms with van der Waals surface area (Å²) >= 11 is 0. The van der Waals surface area contributed by atoms with E-state index in [1.54, 1.807) is 0 Å². The second kappa shape index (κ2) is 6.86. The van der Waals surface area contributed by atoms with E-state index in [1.807, 2.05) is 31.2 Å². The van der Waals surface area contributed by atoms with Crippen LogP contribution in [0, 0.1) is 6.92 Å². The Hall–Kier alpha value is -2.59. The van der Waals surface area contributed by atoms with E-state index >= 15 is 0 Å². The first kappa shape index (κ1) is 17.8. The summed E-state index contributed by atoms with van der Waals surface area (Å²) in [6.45, 7) is 9.63. The molecule has 140 valence electrons. The van der Waals surface area contributed by atoms with Crippen LogP contribution in [0.25, 0.3) is 6.08 Å². The first-order valence-electron chi connectivity index (χ1n) is 9.54. The average molecular weight is 363 g/mol. The van der Waals surface area contributed by atoms with Gasteiger partial charge in [-0.3, -0.25) is 9.69 Å². The quantitative estimate of drug-likeness (QED) is 0.739. The van der Waals surface area contributed by atoms with Crippen LogP contribution in [0.5, 0.6) is 11.5 Å². The van der Waals surface area contributed by atoms with Gasteiger partial charge in [0.1, 0.15) is 18.2 Å². The number of ether oxygens (including phenoxy) is 2. The molecule has 4 nitrogen and oxygen atoms in total. The number of nitrogens with zero attached hydrogens (tertiary/aromatic N) is 1.